The van der Waals surface area contributed by atoms with Crippen LogP contribution in [0.1, 0.15) is 22.9 Å². The fourth-order valence-corrected chi connectivity index (χ4v) is 3.45. The van der Waals surface area contributed by atoms with Crippen molar-refractivity contribution in [2.24, 2.45) is 0 Å². The molecule has 0 fully saturated rings. The molecule has 4 rings (SSSR count). The van der Waals surface area contributed by atoms with Crippen LogP contribution in [-0.4, -0.2) is 14.3 Å². The van der Waals surface area contributed by atoms with Crippen molar-refractivity contribution in [1.29, 1.82) is 0 Å². The Labute approximate surface area is 156 Å². The summed E-state index contributed by atoms with van der Waals surface area (Å²) in [7, 11) is 0. The number of aromatic nitrogens is 3. The van der Waals surface area contributed by atoms with Crippen molar-refractivity contribution in [3.05, 3.63) is 95.8 Å². The van der Waals surface area contributed by atoms with Gasteiger partial charge in [-0.25, -0.2) is 0 Å². The first-order valence-electron chi connectivity index (χ1n) is 8.43. The maximum absolute atomic E-state index is 4.66. The maximum atomic E-state index is 4.66. The number of anilines is 1. The monoisotopic (exact) mass is 358 g/mol. The van der Waals surface area contributed by atoms with Gasteiger partial charge in [0, 0.05) is 23.3 Å². The van der Waals surface area contributed by atoms with Crippen molar-refractivity contribution in [1.82, 2.24) is 14.3 Å². The highest BCUT2D eigenvalue weighted by atomic mass is 32.1. The van der Waals surface area contributed by atoms with E-state index in [9.17, 15) is 0 Å². The average Bonchev–Trinajstić information content (AvgIpc) is 3.16. The molecule has 4 aromatic rings. The molecule has 2 aromatic heterocycles. The molecule has 2 heterocycles. The number of hydrogen-bond donors (Lipinski definition) is 1. The van der Waals surface area contributed by atoms with Crippen LogP contribution in [0.2, 0.25) is 0 Å². The lowest BCUT2D eigenvalue weighted by molar-refractivity contribution is 0.883. The molecule has 4 nitrogen and oxygen atoms in total. The van der Waals surface area contributed by atoms with Gasteiger partial charge in [0.2, 0.25) is 5.13 Å². The summed E-state index contributed by atoms with van der Waals surface area (Å²) in [6.07, 6.45) is 1.81. The first kappa shape index (κ1) is 16.4. The largest absolute Gasteiger partial charge is 0.348 e. The van der Waals surface area contributed by atoms with Gasteiger partial charge in [-0.15, -0.1) is 0 Å². The van der Waals surface area contributed by atoms with Crippen molar-refractivity contribution in [2.75, 3.05) is 5.32 Å². The van der Waals surface area contributed by atoms with Crippen LogP contribution in [0.5, 0.6) is 0 Å². The Balaban J connectivity index is 1.67. The Bertz CT molecular complexity index is 983. The summed E-state index contributed by atoms with van der Waals surface area (Å²) in [5.41, 5.74) is 4.34. The number of aryl methyl sites for hydroxylation is 1. The summed E-state index contributed by atoms with van der Waals surface area (Å²) in [4.78, 5) is 9.20. The topological polar surface area (TPSA) is 50.7 Å². The second-order valence-electron chi connectivity index (χ2n) is 6.04. The van der Waals surface area contributed by atoms with E-state index < -0.39 is 0 Å². The molecule has 0 bridgehead atoms. The smallest absolute Gasteiger partial charge is 0.203 e. The zero-order valence-electron chi connectivity index (χ0n) is 14.3. The number of pyridine rings is 1. The average molecular weight is 358 g/mol. The SMILES string of the molecule is Cc1cccc(C(Nc2nc(-c3ccccc3)ns2)c2ccccn2)c1. The van der Waals surface area contributed by atoms with Gasteiger partial charge < -0.3 is 5.32 Å². The summed E-state index contributed by atoms with van der Waals surface area (Å²) < 4.78 is 4.49. The standard InChI is InChI=1S/C21H18N4S/c1-15-8-7-11-17(14-15)19(18-12-5-6-13-22-18)23-21-24-20(25-26-21)16-9-3-2-4-10-16/h2-14,19H,1H3,(H,23,24,25). The van der Waals surface area contributed by atoms with Gasteiger partial charge in [0.15, 0.2) is 5.82 Å². The van der Waals surface area contributed by atoms with Crippen molar-refractivity contribution in [2.45, 2.75) is 13.0 Å². The Morgan fingerprint density at radius 2 is 1.77 bits per heavy atom. The van der Waals surface area contributed by atoms with Crippen LogP contribution in [0, 0.1) is 6.92 Å². The second kappa shape index (κ2) is 7.45. The number of hydrogen-bond acceptors (Lipinski definition) is 5. The van der Waals surface area contributed by atoms with Crippen molar-refractivity contribution in [3.63, 3.8) is 0 Å². The maximum Gasteiger partial charge on any atom is 0.203 e. The quantitative estimate of drug-likeness (QED) is 0.538. The summed E-state index contributed by atoms with van der Waals surface area (Å²) in [5.74, 6) is 0.738. The van der Waals surface area contributed by atoms with E-state index in [0.717, 1.165) is 27.8 Å². The fourth-order valence-electron chi connectivity index (χ4n) is 2.83. The number of nitrogens with zero attached hydrogens (tertiary/aromatic N) is 3. The lowest BCUT2D eigenvalue weighted by Gasteiger charge is -2.18. The van der Waals surface area contributed by atoms with E-state index in [1.54, 1.807) is 0 Å². The van der Waals surface area contributed by atoms with Gasteiger partial charge in [0.25, 0.3) is 0 Å². The van der Waals surface area contributed by atoms with Gasteiger partial charge in [-0.05, 0) is 24.6 Å². The molecule has 0 radical (unpaired) electrons. The molecule has 1 unspecified atom stereocenters. The molecule has 0 saturated carbocycles. The molecular formula is C21H18N4S. The normalized spacial score (nSPS) is 11.9. The Morgan fingerprint density at radius 3 is 2.54 bits per heavy atom. The second-order valence-corrected chi connectivity index (χ2v) is 6.79. The predicted molar refractivity (Wildman–Crippen MR) is 106 cm³/mol. The molecule has 1 atom stereocenters. The lowest BCUT2D eigenvalue weighted by Crippen LogP contribution is -2.13. The fraction of sp³-hybridized carbons (Fsp3) is 0.0952. The molecule has 2 aromatic carbocycles. The van der Waals surface area contributed by atoms with Crippen molar-refractivity contribution >= 4 is 16.7 Å². The molecule has 128 valence electrons. The number of rotatable bonds is 5. The summed E-state index contributed by atoms with van der Waals surface area (Å²) >= 11 is 1.37. The minimum atomic E-state index is -0.0762. The van der Waals surface area contributed by atoms with Gasteiger partial charge in [0.1, 0.15) is 0 Å². The Morgan fingerprint density at radius 1 is 0.923 bits per heavy atom. The van der Waals surface area contributed by atoms with Gasteiger partial charge in [-0.2, -0.15) is 9.36 Å². The van der Waals surface area contributed by atoms with E-state index in [1.165, 1.54) is 17.1 Å². The first-order chi connectivity index (χ1) is 12.8. The van der Waals surface area contributed by atoms with Crippen molar-refractivity contribution < 1.29 is 0 Å². The van der Waals surface area contributed by atoms with E-state index in [1.807, 2.05) is 54.7 Å². The van der Waals surface area contributed by atoms with Crippen LogP contribution in [0.15, 0.2) is 79.0 Å². The third kappa shape index (κ3) is 3.63. The highest BCUT2D eigenvalue weighted by Gasteiger charge is 2.18. The minimum Gasteiger partial charge on any atom is -0.348 e. The van der Waals surface area contributed by atoms with Crippen molar-refractivity contribution in [3.8, 4) is 11.4 Å². The van der Waals surface area contributed by atoms with E-state index >= 15 is 0 Å². The Kier molecular flexibility index (Phi) is 4.71. The highest BCUT2D eigenvalue weighted by Crippen LogP contribution is 2.28. The molecule has 0 saturated heterocycles. The molecule has 0 aliphatic carbocycles. The molecular weight excluding hydrogens is 340 g/mol. The van der Waals surface area contributed by atoms with Crippen LogP contribution in [0.25, 0.3) is 11.4 Å². The summed E-state index contributed by atoms with van der Waals surface area (Å²) in [5, 5.41) is 4.29. The zero-order valence-corrected chi connectivity index (χ0v) is 15.1. The molecule has 0 aliphatic rings. The number of nitrogens with one attached hydrogen (secondary N) is 1. The van der Waals surface area contributed by atoms with Crippen LogP contribution < -0.4 is 5.32 Å². The van der Waals surface area contributed by atoms with E-state index in [2.05, 4.69) is 50.8 Å². The molecule has 0 amide bonds. The molecule has 5 heteroatoms. The Hall–Kier alpha value is -3.05. The molecule has 0 spiro atoms. The van der Waals surface area contributed by atoms with Gasteiger partial charge in [-0.3, -0.25) is 4.98 Å². The molecule has 0 aliphatic heterocycles. The van der Waals surface area contributed by atoms with Gasteiger partial charge in [-0.1, -0.05) is 66.2 Å². The third-order valence-electron chi connectivity index (χ3n) is 4.08. The van der Waals surface area contributed by atoms with E-state index in [-0.39, 0.29) is 6.04 Å². The van der Waals surface area contributed by atoms with Crippen LogP contribution in [0.4, 0.5) is 5.13 Å². The third-order valence-corrected chi connectivity index (χ3v) is 4.73. The van der Waals surface area contributed by atoms with E-state index in [4.69, 9.17) is 0 Å². The number of benzene rings is 2. The van der Waals surface area contributed by atoms with E-state index in [0.29, 0.717) is 0 Å². The molecule has 1 N–H and O–H groups in total. The summed E-state index contributed by atoms with van der Waals surface area (Å²) in [6, 6.07) is 24.3. The minimum absolute atomic E-state index is 0.0762. The van der Waals surface area contributed by atoms with Gasteiger partial charge in [0.05, 0.1) is 11.7 Å². The predicted octanol–water partition coefficient (Wildman–Crippen LogP) is 5.11. The highest BCUT2D eigenvalue weighted by molar-refractivity contribution is 7.09. The van der Waals surface area contributed by atoms with Crippen LogP contribution in [0.3, 0.4) is 0 Å². The zero-order chi connectivity index (χ0) is 17.8. The van der Waals surface area contributed by atoms with Crippen LogP contribution in [-0.2, 0) is 0 Å². The lowest BCUT2D eigenvalue weighted by atomic mass is 10.0. The first-order valence-corrected chi connectivity index (χ1v) is 9.20. The summed E-state index contributed by atoms with van der Waals surface area (Å²) in [6.45, 7) is 2.09. The van der Waals surface area contributed by atoms with Gasteiger partial charge >= 0.3 is 0 Å². The van der Waals surface area contributed by atoms with Crippen LogP contribution >= 0.6 is 11.5 Å². The molecule has 26 heavy (non-hydrogen) atoms.